The number of furan rings is 1. The predicted molar refractivity (Wildman–Crippen MR) is 342 cm³/mol. The van der Waals surface area contributed by atoms with Gasteiger partial charge in [0, 0.05) is 11.8 Å². The summed E-state index contributed by atoms with van der Waals surface area (Å²) in [4.78, 5) is 50.9. The van der Waals surface area contributed by atoms with E-state index in [0.717, 1.165) is 66.6 Å². The fourth-order valence-corrected chi connectivity index (χ4v) is 15.2. The molecule has 0 amide bonds. The Balaban J connectivity index is 0.000000322. The molecule has 1 heterocycles. The lowest BCUT2D eigenvalue weighted by Gasteiger charge is -2.35. The van der Waals surface area contributed by atoms with Crippen LogP contribution in [0.2, 0.25) is 0 Å². The summed E-state index contributed by atoms with van der Waals surface area (Å²) in [5.74, 6) is -1.60. The van der Waals surface area contributed by atoms with Gasteiger partial charge >= 0.3 is 23.9 Å². The Morgan fingerprint density at radius 3 is 1.43 bits per heavy atom. The van der Waals surface area contributed by atoms with Gasteiger partial charge in [-0.15, -0.1) is 0 Å². The first-order valence-corrected chi connectivity index (χ1v) is 33.2. The Morgan fingerprint density at radius 2 is 0.966 bits per heavy atom. The van der Waals surface area contributed by atoms with E-state index in [9.17, 15) is 42.9 Å². The van der Waals surface area contributed by atoms with Crippen LogP contribution in [0.3, 0.4) is 0 Å². The van der Waals surface area contributed by atoms with Crippen molar-refractivity contribution in [1.29, 1.82) is 0 Å². The van der Waals surface area contributed by atoms with E-state index < -0.39 is 60.9 Å². The van der Waals surface area contributed by atoms with E-state index in [4.69, 9.17) is 28.1 Å². The number of hydrogen-bond donors (Lipinski definition) is 6. The van der Waals surface area contributed by atoms with Gasteiger partial charge in [-0.2, -0.15) is 0 Å². The van der Waals surface area contributed by atoms with Crippen molar-refractivity contribution in [1.82, 2.24) is 20.3 Å². The van der Waals surface area contributed by atoms with Gasteiger partial charge in [0.1, 0.15) is 50.8 Å². The van der Waals surface area contributed by atoms with Crippen LogP contribution in [0.15, 0.2) is 89.3 Å². The Morgan fingerprint density at radius 1 is 0.545 bits per heavy atom. The highest BCUT2D eigenvalue weighted by Gasteiger charge is 2.46. The fourth-order valence-electron chi connectivity index (χ4n) is 10.1. The van der Waals surface area contributed by atoms with Crippen LogP contribution in [0.4, 0.5) is 4.39 Å². The average Bonchev–Trinajstić information content (AvgIpc) is 1.67. The molecule has 0 aliphatic rings. The zero-order valence-electron chi connectivity index (χ0n) is 54.4. The Labute approximate surface area is 518 Å². The second kappa shape index (κ2) is 29.6. The third-order valence-corrected chi connectivity index (χ3v) is 19.6. The SMILES string of the molecule is CCOC(=O)C(C)(C)NP(=O)(COc1cc(C)c(Cc2ccc(O)c(Cc3ccc(F)cc3)c2)c(C)c1)NC(C)(C)C(=O)OCC.CCOC(=O)C(C)(C)NP(=O)(NC(C)(C)C(=O)OCC)c1cc2c(C)c(Cc3ccc(O)c(C(C)C)c3)c(C)cc2o1. The minimum absolute atomic E-state index is 0.0682. The maximum atomic E-state index is 14.8. The first-order chi connectivity index (χ1) is 40.9. The van der Waals surface area contributed by atoms with Gasteiger partial charge < -0.3 is 38.3 Å². The second-order valence-corrected chi connectivity index (χ2v) is 28.7. The molecule has 6 rings (SSSR count). The molecule has 0 aliphatic heterocycles. The Kier molecular flexibility index (Phi) is 24.2. The summed E-state index contributed by atoms with van der Waals surface area (Å²) in [5, 5.41) is 33.2. The molecule has 6 N–H and O–H groups in total. The maximum Gasteiger partial charge on any atom is 0.326 e. The zero-order valence-corrected chi connectivity index (χ0v) is 56.2. The summed E-state index contributed by atoms with van der Waals surface area (Å²) < 4.78 is 75.5. The number of fused-ring (bicyclic) bond motifs is 1. The number of carbonyl (C=O) groups is 4. The molecule has 18 nitrogen and oxygen atoms in total. The molecule has 0 atom stereocenters. The molecule has 0 radical (unpaired) electrons. The predicted octanol–water partition coefficient (Wildman–Crippen LogP) is 12.9. The van der Waals surface area contributed by atoms with E-state index in [2.05, 4.69) is 20.3 Å². The first kappa shape index (κ1) is 71.9. The van der Waals surface area contributed by atoms with Crippen LogP contribution in [-0.2, 0) is 66.5 Å². The molecular formula is C67H91FN4O14P2. The van der Waals surface area contributed by atoms with Gasteiger partial charge in [-0.25, -0.2) is 24.7 Å². The lowest BCUT2D eigenvalue weighted by atomic mass is 9.91. The molecule has 480 valence electrons. The molecule has 0 unspecified atom stereocenters. The summed E-state index contributed by atoms with van der Waals surface area (Å²) in [6.45, 7) is 31.8. The molecule has 0 saturated carbocycles. The highest BCUT2D eigenvalue weighted by molar-refractivity contribution is 7.67. The largest absolute Gasteiger partial charge is 0.508 e. The quantitative estimate of drug-likeness (QED) is 0.0159. The van der Waals surface area contributed by atoms with Gasteiger partial charge in [0.25, 0.3) is 7.44 Å². The summed E-state index contributed by atoms with van der Waals surface area (Å²) >= 11 is 0. The van der Waals surface area contributed by atoms with Crippen LogP contribution in [0.5, 0.6) is 17.2 Å². The molecule has 5 aromatic carbocycles. The molecule has 6 aromatic rings. The van der Waals surface area contributed by atoms with E-state index in [1.807, 2.05) is 84.0 Å². The number of rotatable bonds is 27. The number of aryl methyl sites for hydroxylation is 4. The molecule has 21 heteroatoms. The highest BCUT2D eigenvalue weighted by atomic mass is 31.2. The van der Waals surface area contributed by atoms with Crippen molar-refractivity contribution < 1.29 is 71.0 Å². The van der Waals surface area contributed by atoms with Crippen LogP contribution in [0.25, 0.3) is 11.0 Å². The van der Waals surface area contributed by atoms with Crippen LogP contribution in [-0.4, -0.2) is 89.0 Å². The first-order valence-electron chi connectivity index (χ1n) is 29.6. The minimum Gasteiger partial charge on any atom is -0.508 e. The number of ether oxygens (including phenoxy) is 5. The van der Waals surface area contributed by atoms with Crippen molar-refractivity contribution in [3.8, 4) is 17.2 Å². The lowest BCUT2D eigenvalue weighted by Crippen LogP contribution is -2.55. The molecule has 88 heavy (non-hydrogen) atoms. The number of nitrogens with one attached hydrogen (secondary N) is 4. The Hall–Kier alpha value is -6.85. The fraction of sp³-hybridized carbons (Fsp3) is 0.463. The molecule has 0 aliphatic carbocycles. The third kappa shape index (κ3) is 18.6. The molecule has 0 saturated heterocycles. The van der Waals surface area contributed by atoms with Crippen molar-refractivity contribution in [3.63, 3.8) is 0 Å². The van der Waals surface area contributed by atoms with Crippen molar-refractivity contribution in [2.24, 2.45) is 0 Å². The number of aromatic hydroxyl groups is 2. The number of hydrogen-bond acceptors (Lipinski definition) is 14. The van der Waals surface area contributed by atoms with E-state index in [0.29, 0.717) is 30.6 Å². The van der Waals surface area contributed by atoms with E-state index >= 15 is 0 Å². The van der Waals surface area contributed by atoms with Crippen molar-refractivity contribution in [2.45, 2.75) is 172 Å². The zero-order chi connectivity index (χ0) is 65.9. The molecule has 0 bridgehead atoms. The number of phenolic OH excluding ortho intramolecular Hbond substituents is 2. The van der Waals surface area contributed by atoms with Gasteiger partial charge in [0.15, 0.2) is 11.8 Å². The van der Waals surface area contributed by atoms with Crippen LogP contribution >= 0.6 is 14.9 Å². The van der Waals surface area contributed by atoms with Gasteiger partial charge in [0.05, 0.1) is 26.4 Å². The van der Waals surface area contributed by atoms with Crippen molar-refractivity contribution >= 4 is 55.2 Å². The monoisotopic (exact) mass is 1260 g/mol. The summed E-state index contributed by atoms with van der Waals surface area (Å²) in [6, 6.07) is 24.7. The van der Waals surface area contributed by atoms with Crippen molar-refractivity contribution in [2.75, 3.05) is 32.8 Å². The summed E-state index contributed by atoms with van der Waals surface area (Å²) in [6.07, 6.45) is 1.32. The lowest BCUT2D eigenvalue weighted by molar-refractivity contribution is -0.150. The smallest absolute Gasteiger partial charge is 0.326 e. The summed E-state index contributed by atoms with van der Waals surface area (Å²) in [7, 11) is -7.77. The number of benzene rings is 5. The normalized spacial score (nSPS) is 12.4. The van der Waals surface area contributed by atoms with Gasteiger partial charge in [-0.1, -0.05) is 50.2 Å². The number of esters is 4. The minimum atomic E-state index is -3.98. The van der Waals surface area contributed by atoms with Crippen LogP contribution in [0.1, 0.15) is 164 Å². The van der Waals surface area contributed by atoms with E-state index in [1.54, 1.807) is 113 Å². The number of phenols is 2. The molecule has 1 aromatic heterocycles. The van der Waals surface area contributed by atoms with Gasteiger partial charge in [0.2, 0.25) is 7.44 Å². The van der Waals surface area contributed by atoms with Gasteiger partial charge in [-0.3, -0.25) is 28.3 Å². The number of halogens is 1. The van der Waals surface area contributed by atoms with Crippen molar-refractivity contribution in [3.05, 3.63) is 152 Å². The molecule has 0 fully saturated rings. The van der Waals surface area contributed by atoms with Crippen LogP contribution < -0.4 is 30.6 Å². The van der Waals surface area contributed by atoms with E-state index in [-0.39, 0.29) is 61.5 Å². The second-order valence-electron chi connectivity index (χ2n) is 24.4. The third-order valence-electron chi connectivity index (χ3n) is 14.7. The molecular weight excluding hydrogens is 1170 g/mol. The molecule has 0 spiro atoms. The summed E-state index contributed by atoms with van der Waals surface area (Å²) in [5.41, 5.74) is 5.69. The van der Waals surface area contributed by atoms with Crippen LogP contribution in [0, 0.1) is 33.5 Å². The average molecular weight is 1260 g/mol. The Bertz CT molecular complexity index is 3480. The highest BCUT2D eigenvalue weighted by Crippen LogP contribution is 2.45. The van der Waals surface area contributed by atoms with Gasteiger partial charge in [-0.05, 0) is 239 Å². The maximum absolute atomic E-state index is 14.8. The number of carbonyl (C=O) groups excluding carboxylic acids is 4. The topological polar surface area (TPSA) is 250 Å². The standard InChI is InChI=1S/C35H46FN2O7P.C32H45N2O7P/c1-9-43-32(40)34(5,6)37-46(42,38-35(7,8)33(41)44-10-2)22-45-29-17-23(3)30(24(4)18-29)21-26-13-16-31(39)27(20-26)19-25-11-14-28(36)15-12-25;1-11-39-29(36)31(7,8)33-42(38,34-32(9,10)30(37)40-12-2)28-18-25-21(6)24(20(5)15-27(25)41-28)17-22-13-14-26(35)23(16-22)19(3)4/h11-18,20,39H,9-10,19,21-22H2,1-8H3,(H2,37,38,42);13-16,18-19,35H,11-12,17H2,1-10H3,(H2,33,34,38). The van der Waals surface area contributed by atoms with E-state index in [1.165, 1.54) is 12.1 Å².